The number of carbonyl (C=O) groups is 1. The van der Waals surface area contributed by atoms with Gasteiger partial charge in [-0.2, -0.15) is 4.31 Å². The highest BCUT2D eigenvalue weighted by atomic mass is 35.5. The summed E-state index contributed by atoms with van der Waals surface area (Å²) >= 11 is 12.0. The molecule has 1 saturated carbocycles. The predicted molar refractivity (Wildman–Crippen MR) is 107 cm³/mol. The molecule has 0 saturated heterocycles. The number of hydrogen-bond donors (Lipinski definition) is 1. The quantitative estimate of drug-likeness (QED) is 0.708. The SMILES string of the molecule is CN(Cc1ccccc1)S(=O)(=O)c1ccc(NC(=O)C2(C)CC2(Cl)Cl)cc1. The molecule has 1 atom stereocenters. The fourth-order valence-corrected chi connectivity index (χ4v) is 4.60. The van der Waals surface area contributed by atoms with E-state index in [0.717, 1.165) is 5.56 Å². The van der Waals surface area contributed by atoms with Crippen LogP contribution < -0.4 is 5.32 Å². The van der Waals surface area contributed by atoms with Crippen LogP contribution in [-0.2, 0) is 21.4 Å². The number of halogens is 2. The fraction of sp³-hybridized carbons (Fsp3) is 0.316. The first-order valence-electron chi connectivity index (χ1n) is 8.36. The third-order valence-electron chi connectivity index (χ3n) is 4.83. The van der Waals surface area contributed by atoms with Gasteiger partial charge in [0.1, 0.15) is 4.33 Å². The van der Waals surface area contributed by atoms with Gasteiger partial charge in [0, 0.05) is 19.3 Å². The van der Waals surface area contributed by atoms with Crippen molar-refractivity contribution in [3.8, 4) is 0 Å². The molecular formula is C19H20Cl2N2O3S. The lowest BCUT2D eigenvalue weighted by Crippen LogP contribution is -2.27. The minimum atomic E-state index is -3.64. The molecule has 0 spiro atoms. The molecule has 0 aromatic heterocycles. The highest BCUT2D eigenvalue weighted by molar-refractivity contribution is 7.89. The second-order valence-electron chi connectivity index (χ2n) is 6.94. The zero-order chi connectivity index (χ0) is 19.9. The summed E-state index contributed by atoms with van der Waals surface area (Å²) in [6.45, 7) is 1.97. The first-order chi connectivity index (χ1) is 12.6. The van der Waals surface area contributed by atoms with Gasteiger partial charge in [0.05, 0.1) is 10.3 Å². The highest BCUT2D eigenvalue weighted by Crippen LogP contribution is 2.64. The fourth-order valence-electron chi connectivity index (χ4n) is 2.73. The molecule has 1 unspecified atom stereocenters. The number of sulfonamides is 1. The molecule has 0 heterocycles. The summed E-state index contributed by atoms with van der Waals surface area (Å²) in [6, 6.07) is 15.4. The molecule has 2 aromatic carbocycles. The van der Waals surface area contributed by atoms with Crippen LogP contribution in [0.5, 0.6) is 0 Å². The molecule has 8 heteroatoms. The Morgan fingerprint density at radius 3 is 2.19 bits per heavy atom. The molecule has 0 aliphatic heterocycles. The van der Waals surface area contributed by atoms with E-state index in [-0.39, 0.29) is 17.3 Å². The maximum Gasteiger partial charge on any atom is 0.243 e. The van der Waals surface area contributed by atoms with E-state index >= 15 is 0 Å². The van der Waals surface area contributed by atoms with Gasteiger partial charge in [-0.25, -0.2) is 8.42 Å². The van der Waals surface area contributed by atoms with Gasteiger partial charge >= 0.3 is 0 Å². The number of carbonyl (C=O) groups excluding carboxylic acids is 1. The number of nitrogens with one attached hydrogen (secondary N) is 1. The number of nitrogens with zero attached hydrogens (tertiary/aromatic N) is 1. The minimum absolute atomic E-state index is 0.153. The van der Waals surface area contributed by atoms with Crippen LogP contribution in [0.25, 0.3) is 0 Å². The Hall–Kier alpha value is -1.60. The second kappa shape index (κ2) is 7.09. The summed E-state index contributed by atoms with van der Waals surface area (Å²) in [7, 11) is -2.10. The normalized spacial score (nSPS) is 21.1. The van der Waals surface area contributed by atoms with Crippen LogP contribution in [-0.4, -0.2) is 30.0 Å². The van der Waals surface area contributed by atoms with E-state index in [1.165, 1.54) is 23.5 Å². The van der Waals surface area contributed by atoms with E-state index in [9.17, 15) is 13.2 Å². The zero-order valence-corrected chi connectivity index (χ0v) is 17.3. The lowest BCUT2D eigenvalue weighted by molar-refractivity contribution is -0.120. The molecule has 0 bridgehead atoms. The lowest BCUT2D eigenvalue weighted by atomic mass is 10.1. The van der Waals surface area contributed by atoms with E-state index in [1.807, 2.05) is 30.3 Å². The van der Waals surface area contributed by atoms with Crippen LogP contribution in [0.2, 0.25) is 0 Å². The Morgan fingerprint density at radius 2 is 1.67 bits per heavy atom. The summed E-state index contributed by atoms with van der Waals surface area (Å²) < 4.78 is 25.7. The van der Waals surface area contributed by atoms with Crippen molar-refractivity contribution >= 4 is 44.8 Å². The van der Waals surface area contributed by atoms with E-state index in [0.29, 0.717) is 12.1 Å². The first-order valence-corrected chi connectivity index (χ1v) is 10.6. The van der Waals surface area contributed by atoms with E-state index < -0.39 is 19.8 Å². The van der Waals surface area contributed by atoms with Crippen molar-refractivity contribution in [2.75, 3.05) is 12.4 Å². The molecule has 3 rings (SSSR count). The van der Waals surface area contributed by atoms with Gasteiger partial charge in [0.2, 0.25) is 15.9 Å². The maximum absolute atomic E-state index is 12.7. The Balaban J connectivity index is 1.70. The van der Waals surface area contributed by atoms with Gasteiger partial charge in [0.15, 0.2) is 0 Å². The smallest absolute Gasteiger partial charge is 0.243 e. The first kappa shape index (κ1) is 20.1. The number of alkyl halides is 2. The molecule has 1 fully saturated rings. The number of benzene rings is 2. The van der Waals surface area contributed by atoms with Gasteiger partial charge in [-0.1, -0.05) is 30.3 Å². The predicted octanol–water partition coefficient (Wildman–Crippen LogP) is 4.03. The zero-order valence-electron chi connectivity index (χ0n) is 14.9. The number of hydrogen-bond acceptors (Lipinski definition) is 3. The summed E-state index contributed by atoms with van der Waals surface area (Å²) in [6.07, 6.45) is 0.381. The lowest BCUT2D eigenvalue weighted by Gasteiger charge is -2.18. The highest BCUT2D eigenvalue weighted by Gasteiger charge is 2.67. The Kier molecular flexibility index (Phi) is 5.29. The Bertz CT molecular complexity index is 947. The average molecular weight is 427 g/mol. The molecule has 5 nitrogen and oxygen atoms in total. The van der Waals surface area contributed by atoms with Gasteiger partial charge in [0.25, 0.3) is 0 Å². The molecule has 27 heavy (non-hydrogen) atoms. The van der Waals surface area contributed by atoms with Crippen LogP contribution in [0.1, 0.15) is 18.9 Å². The second-order valence-corrected chi connectivity index (χ2v) is 10.5. The van der Waals surface area contributed by atoms with E-state index in [4.69, 9.17) is 23.2 Å². The van der Waals surface area contributed by atoms with E-state index in [1.54, 1.807) is 19.1 Å². The molecule has 1 aliphatic carbocycles. The molecule has 2 aromatic rings. The standard InChI is InChI=1S/C19H20Cl2N2O3S/c1-18(13-19(18,20)21)17(24)22-15-8-10-16(11-9-15)27(25,26)23(2)12-14-6-4-3-5-7-14/h3-11H,12-13H2,1-2H3,(H,22,24). The van der Waals surface area contributed by atoms with Crippen molar-refractivity contribution in [2.24, 2.45) is 5.41 Å². The van der Waals surface area contributed by atoms with Gasteiger partial charge < -0.3 is 5.32 Å². The largest absolute Gasteiger partial charge is 0.326 e. The molecule has 1 amide bonds. The van der Waals surface area contributed by atoms with Crippen molar-refractivity contribution < 1.29 is 13.2 Å². The molecule has 1 N–H and O–H groups in total. The van der Waals surface area contributed by atoms with Crippen LogP contribution in [0.4, 0.5) is 5.69 Å². The van der Waals surface area contributed by atoms with Gasteiger partial charge in [-0.3, -0.25) is 4.79 Å². The third-order valence-corrected chi connectivity index (χ3v) is 7.75. The van der Waals surface area contributed by atoms with Crippen LogP contribution in [0.15, 0.2) is 59.5 Å². The Morgan fingerprint density at radius 1 is 1.11 bits per heavy atom. The third kappa shape index (κ3) is 3.99. The van der Waals surface area contributed by atoms with E-state index in [2.05, 4.69) is 5.32 Å². The average Bonchev–Trinajstić information content (AvgIpc) is 3.15. The molecule has 0 radical (unpaired) electrons. The molecular weight excluding hydrogens is 407 g/mol. The molecule has 144 valence electrons. The summed E-state index contributed by atoms with van der Waals surface area (Å²) in [5, 5.41) is 2.73. The summed E-state index contributed by atoms with van der Waals surface area (Å²) in [5.41, 5.74) is 0.550. The van der Waals surface area contributed by atoms with Crippen LogP contribution in [0, 0.1) is 5.41 Å². The topological polar surface area (TPSA) is 66.5 Å². The van der Waals surface area contributed by atoms with Crippen molar-refractivity contribution in [2.45, 2.75) is 29.1 Å². The van der Waals surface area contributed by atoms with Crippen molar-refractivity contribution in [1.82, 2.24) is 4.31 Å². The van der Waals surface area contributed by atoms with Crippen LogP contribution >= 0.6 is 23.2 Å². The summed E-state index contributed by atoms with van der Waals surface area (Å²) in [5.74, 6) is -0.288. The van der Waals surface area contributed by atoms with Crippen molar-refractivity contribution in [1.29, 1.82) is 0 Å². The number of anilines is 1. The summed E-state index contributed by atoms with van der Waals surface area (Å²) in [4.78, 5) is 12.5. The monoisotopic (exact) mass is 426 g/mol. The van der Waals surface area contributed by atoms with Crippen LogP contribution in [0.3, 0.4) is 0 Å². The minimum Gasteiger partial charge on any atom is -0.326 e. The van der Waals surface area contributed by atoms with Crippen molar-refractivity contribution in [3.05, 3.63) is 60.2 Å². The number of amides is 1. The molecule has 1 aliphatic rings. The Labute approximate surface area is 169 Å². The number of rotatable bonds is 6. The van der Waals surface area contributed by atoms with Crippen molar-refractivity contribution in [3.63, 3.8) is 0 Å². The maximum atomic E-state index is 12.7. The van der Waals surface area contributed by atoms with Gasteiger partial charge in [-0.15, -0.1) is 23.2 Å². The van der Waals surface area contributed by atoms with Gasteiger partial charge in [-0.05, 0) is 43.2 Å².